The first-order valence-electron chi connectivity index (χ1n) is 9.67. The number of ketones is 1. The van der Waals surface area contributed by atoms with Gasteiger partial charge in [-0.15, -0.1) is 0 Å². The van der Waals surface area contributed by atoms with Crippen LogP contribution >= 0.6 is 0 Å². The Balaban J connectivity index is 2.19. The van der Waals surface area contributed by atoms with Crippen LogP contribution in [0.15, 0.2) is 0 Å². The van der Waals surface area contributed by atoms with Gasteiger partial charge in [0.05, 0.1) is 12.2 Å². The molecular weight excluding hydrogens is 304 g/mol. The summed E-state index contributed by atoms with van der Waals surface area (Å²) < 4.78 is 0. The molecule has 0 unspecified atom stereocenters. The zero-order chi connectivity index (χ0) is 17.9. The van der Waals surface area contributed by atoms with Gasteiger partial charge in [-0.05, 0) is 54.8 Å². The van der Waals surface area contributed by atoms with Crippen LogP contribution in [0.2, 0.25) is 0 Å². The Kier molecular flexibility index (Phi) is 4.42. The van der Waals surface area contributed by atoms with Crippen LogP contribution < -0.4 is 0 Å². The number of aliphatic hydroxyl groups excluding tert-OH is 3. The maximum Gasteiger partial charge on any atom is 0.137 e. The summed E-state index contributed by atoms with van der Waals surface area (Å²) >= 11 is 0. The number of Topliss-reactive ketones (excluding diaryl/α,β-unsaturated/α-hetero) is 1. The van der Waals surface area contributed by atoms with E-state index < -0.39 is 17.6 Å². The third-order valence-corrected chi connectivity index (χ3v) is 8.69. The number of rotatable bonds is 2. The molecule has 0 amide bonds. The Hall–Kier alpha value is -0.450. The van der Waals surface area contributed by atoms with E-state index in [1.54, 1.807) is 0 Å². The van der Waals surface area contributed by atoms with Crippen LogP contribution in [-0.2, 0) is 4.79 Å². The van der Waals surface area contributed by atoms with Crippen molar-refractivity contribution in [3.8, 4) is 0 Å². The van der Waals surface area contributed by atoms with E-state index in [-0.39, 0.29) is 41.0 Å². The lowest BCUT2D eigenvalue weighted by molar-refractivity contribution is -0.205. The van der Waals surface area contributed by atoms with Crippen molar-refractivity contribution >= 4 is 5.78 Å². The van der Waals surface area contributed by atoms with Crippen LogP contribution in [0.1, 0.15) is 66.2 Å². The van der Waals surface area contributed by atoms with E-state index in [0.717, 1.165) is 25.7 Å². The maximum atomic E-state index is 12.9. The molecule has 0 saturated heterocycles. The molecule has 0 radical (unpaired) electrons. The van der Waals surface area contributed by atoms with Gasteiger partial charge in [0.25, 0.3) is 0 Å². The zero-order valence-corrected chi connectivity index (χ0v) is 15.6. The van der Waals surface area contributed by atoms with Gasteiger partial charge in [0, 0.05) is 24.4 Å². The fourth-order valence-corrected chi connectivity index (χ4v) is 6.71. The summed E-state index contributed by atoms with van der Waals surface area (Å²) in [5.74, 6) is -0.0209. The Morgan fingerprint density at radius 3 is 2.46 bits per heavy atom. The lowest BCUT2D eigenvalue weighted by Crippen LogP contribution is -2.63. The molecule has 3 saturated carbocycles. The normalized spacial score (nSPS) is 55.0. The van der Waals surface area contributed by atoms with Crippen molar-refractivity contribution in [2.24, 2.45) is 34.0 Å². The van der Waals surface area contributed by atoms with E-state index >= 15 is 0 Å². The number of carbonyl (C=O) groups is 1. The number of carbonyl (C=O) groups excluding carboxylic acids is 1. The predicted octanol–water partition coefficient (Wildman–Crippen LogP) is 2.54. The molecule has 0 aliphatic heterocycles. The van der Waals surface area contributed by atoms with E-state index in [1.807, 2.05) is 6.92 Å². The van der Waals surface area contributed by atoms with Gasteiger partial charge in [-0.1, -0.05) is 27.7 Å². The van der Waals surface area contributed by atoms with Crippen molar-refractivity contribution < 1.29 is 20.1 Å². The summed E-state index contributed by atoms with van der Waals surface area (Å²) in [6, 6.07) is 0. The second kappa shape index (κ2) is 5.78. The molecule has 24 heavy (non-hydrogen) atoms. The van der Waals surface area contributed by atoms with Crippen molar-refractivity contribution in [2.45, 2.75) is 78.4 Å². The third-order valence-electron chi connectivity index (χ3n) is 8.69. The smallest absolute Gasteiger partial charge is 0.137 e. The van der Waals surface area contributed by atoms with Crippen LogP contribution in [-0.4, -0.2) is 39.9 Å². The fraction of sp³-hybridized carbons (Fsp3) is 0.950. The zero-order valence-electron chi connectivity index (χ0n) is 15.6. The molecule has 3 N–H and O–H groups in total. The third kappa shape index (κ3) is 2.12. The highest BCUT2D eigenvalue weighted by Crippen LogP contribution is 2.67. The van der Waals surface area contributed by atoms with Gasteiger partial charge in [-0.2, -0.15) is 0 Å². The minimum Gasteiger partial charge on any atom is -0.396 e. The van der Waals surface area contributed by atoms with Crippen molar-refractivity contribution in [2.75, 3.05) is 6.61 Å². The summed E-state index contributed by atoms with van der Waals surface area (Å²) in [7, 11) is 0. The maximum absolute atomic E-state index is 12.9. The largest absolute Gasteiger partial charge is 0.396 e. The minimum absolute atomic E-state index is 0.0210. The first kappa shape index (κ1) is 18.3. The molecule has 0 aromatic carbocycles. The summed E-state index contributed by atoms with van der Waals surface area (Å²) in [6.45, 7) is 8.30. The molecule has 3 aliphatic carbocycles. The first-order valence-corrected chi connectivity index (χ1v) is 9.67. The van der Waals surface area contributed by atoms with Crippen LogP contribution in [0.25, 0.3) is 0 Å². The molecule has 8 atom stereocenters. The minimum atomic E-state index is -0.673. The average molecular weight is 338 g/mol. The quantitative estimate of drug-likeness (QED) is 0.723. The molecule has 4 heteroatoms. The highest BCUT2D eigenvalue weighted by molar-refractivity contribution is 5.85. The Morgan fingerprint density at radius 1 is 1.21 bits per heavy atom. The molecule has 3 fully saturated rings. The van der Waals surface area contributed by atoms with Crippen LogP contribution in [0, 0.1) is 34.0 Å². The van der Waals surface area contributed by atoms with Gasteiger partial charge in [-0.25, -0.2) is 0 Å². The Morgan fingerprint density at radius 2 is 1.88 bits per heavy atom. The molecule has 0 aromatic rings. The number of hydrogen-bond donors (Lipinski definition) is 3. The molecule has 2 bridgehead atoms. The second-order valence-electron chi connectivity index (χ2n) is 9.38. The summed E-state index contributed by atoms with van der Waals surface area (Å²) in [5.41, 5.74) is -1.18. The van der Waals surface area contributed by atoms with Gasteiger partial charge in [0.15, 0.2) is 0 Å². The van der Waals surface area contributed by atoms with Gasteiger partial charge in [-0.3, -0.25) is 4.79 Å². The Labute approximate surface area is 145 Å². The van der Waals surface area contributed by atoms with Gasteiger partial charge in [0.2, 0.25) is 0 Å². The first-order chi connectivity index (χ1) is 11.2. The lowest BCUT2D eigenvalue weighted by Gasteiger charge is -2.62. The molecule has 4 nitrogen and oxygen atoms in total. The summed E-state index contributed by atoms with van der Waals surface area (Å²) in [4.78, 5) is 12.9. The van der Waals surface area contributed by atoms with Gasteiger partial charge < -0.3 is 15.3 Å². The van der Waals surface area contributed by atoms with E-state index in [1.165, 1.54) is 0 Å². The number of aliphatic hydroxyl groups is 3. The van der Waals surface area contributed by atoms with Crippen LogP contribution in [0.5, 0.6) is 0 Å². The monoisotopic (exact) mass is 338 g/mol. The van der Waals surface area contributed by atoms with E-state index in [4.69, 9.17) is 0 Å². The van der Waals surface area contributed by atoms with Gasteiger partial charge in [0.1, 0.15) is 5.78 Å². The van der Waals surface area contributed by atoms with Crippen LogP contribution in [0.4, 0.5) is 0 Å². The molecule has 0 spiro atoms. The summed E-state index contributed by atoms with van der Waals surface area (Å²) in [5, 5.41) is 32.4. The topological polar surface area (TPSA) is 77.8 Å². The molecule has 138 valence electrons. The van der Waals surface area contributed by atoms with Crippen LogP contribution in [0.3, 0.4) is 0 Å². The Bertz CT molecular complexity index is 520. The second-order valence-corrected chi connectivity index (χ2v) is 9.38. The van der Waals surface area contributed by atoms with E-state index in [0.29, 0.717) is 12.8 Å². The fourth-order valence-electron chi connectivity index (χ4n) is 6.71. The molecule has 3 rings (SSSR count). The standard InChI is InChI=1S/C20H34O4/c1-5-18(3)10-15(23)19(4)13(11-21)6-8-20(12(2)17(18)24)9-7-14(22)16(19)20/h12-13,15-17,21,23-24H,5-11H2,1-4H3/t12-,13-,15+,16-,17-,18+,19-,20-/m0/s1. The molecule has 0 heterocycles. The van der Waals surface area contributed by atoms with Gasteiger partial charge >= 0.3 is 0 Å². The number of hydrogen-bond acceptors (Lipinski definition) is 4. The van der Waals surface area contributed by atoms with Crippen molar-refractivity contribution in [3.63, 3.8) is 0 Å². The average Bonchev–Trinajstić information content (AvgIpc) is 2.91. The molecule has 0 aromatic heterocycles. The van der Waals surface area contributed by atoms with Crippen molar-refractivity contribution in [3.05, 3.63) is 0 Å². The summed E-state index contributed by atoms with van der Waals surface area (Å²) in [6.07, 6.45) is 3.16. The highest BCUT2D eigenvalue weighted by atomic mass is 16.3. The molecular formula is C20H34O4. The van der Waals surface area contributed by atoms with Crippen molar-refractivity contribution in [1.82, 2.24) is 0 Å². The lowest BCUT2D eigenvalue weighted by atomic mass is 9.43. The van der Waals surface area contributed by atoms with E-state index in [2.05, 4.69) is 20.8 Å². The highest BCUT2D eigenvalue weighted by Gasteiger charge is 2.67. The van der Waals surface area contributed by atoms with Crippen molar-refractivity contribution in [1.29, 1.82) is 0 Å². The SMILES string of the molecule is CC[C@]1(C)C[C@@H](O)[C@]2(C)[C@H](CO)CC[C@]3(CCC(=O)[C@H]32)[C@@H](C)[C@@H]1O. The van der Waals surface area contributed by atoms with E-state index in [9.17, 15) is 20.1 Å². The predicted molar refractivity (Wildman–Crippen MR) is 92.3 cm³/mol. The molecule has 3 aliphatic rings.